The first-order valence-corrected chi connectivity index (χ1v) is 9.53. The minimum atomic E-state index is -0.489. The van der Waals surface area contributed by atoms with Gasteiger partial charge in [-0.1, -0.05) is 17.7 Å². The van der Waals surface area contributed by atoms with E-state index in [9.17, 15) is 14.0 Å². The molecule has 1 aliphatic heterocycles. The van der Waals surface area contributed by atoms with Gasteiger partial charge in [0.05, 0.1) is 31.2 Å². The Balaban J connectivity index is 1.59. The van der Waals surface area contributed by atoms with Gasteiger partial charge in [-0.2, -0.15) is 0 Å². The van der Waals surface area contributed by atoms with Gasteiger partial charge in [0.25, 0.3) is 5.91 Å². The Hall–Kier alpha value is -2.80. The molecular formula is C21H22ClFN2O4. The van der Waals surface area contributed by atoms with E-state index in [-0.39, 0.29) is 28.8 Å². The Morgan fingerprint density at radius 1 is 0.966 bits per heavy atom. The van der Waals surface area contributed by atoms with E-state index >= 15 is 0 Å². The molecule has 0 radical (unpaired) electrons. The molecule has 29 heavy (non-hydrogen) atoms. The number of carbonyl (C=O) groups excluding carboxylic acids is 2. The minimum absolute atomic E-state index is 0.0240. The van der Waals surface area contributed by atoms with E-state index < -0.39 is 5.82 Å². The van der Waals surface area contributed by atoms with Crippen molar-refractivity contribution in [2.45, 2.75) is 6.42 Å². The van der Waals surface area contributed by atoms with E-state index in [2.05, 4.69) is 0 Å². The summed E-state index contributed by atoms with van der Waals surface area (Å²) in [5.41, 5.74) is 1.09. The summed E-state index contributed by atoms with van der Waals surface area (Å²) in [6, 6.07) is 9.10. The number of ether oxygens (including phenoxy) is 2. The van der Waals surface area contributed by atoms with Gasteiger partial charge in [-0.05, 0) is 35.9 Å². The molecule has 0 atom stereocenters. The highest BCUT2D eigenvalue weighted by Crippen LogP contribution is 2.28. The largest absolute Gasteiger partial charge is 0.493 e. The van der Waals surface area contributed by atoms with Gasteiger partial charge in [-0.15, -0.1) is 0 Å². The van der Waals surface area contributed by atoms with Gasteiger partial charge in [-0.3, -0.25) is 9.59 Å². The van der Waals surface area contributed by atoms with Crippen LogP contribution in [0.1, 0.15) is 15.9 Å². The molecule has 2 aromatic carbocycles. The zero-order valence-corrected chi connectivity index (χ0v) is 17.0. The van der Waals surface area contributed by atoms with Gasteiger partial charge < -0.3 is 19.3 Å². The first kappa shape index (κ1) is 20.9. The van der Waals surface area contributed by atoms with Gasteiger partial charge in [0.2, 0.25) is 5.91 Å². The quantitative estimate of drug-likeness (QED) is 0.746. The molecule has 2 aromatic rings. The maximum Gasteiger partial charge on any atom is 0.255 e. The second-order valence-electron chi connectivity index (χ2n) is 6.66. The Morgan fingerprint density at radius 3 is 2.24 bits per heavy atom. The van der Waals surface area contributed by atoms with Gasteiger partial charge in [0, 0.05) is 26.2 Å². The van der Waals surface area contributed by atoms with Crippen molar-refractivity contribution in [2.24, 2.45) is 0 Å². The lowest BCUT2D eigenvalue weighted by molar-refractivity contribution is -0.131. The number of carbonyl (C=O) groups is 2. The maximum atomic E-state index is 13.2. The van der Waals surface area contributed by atoms with Crippen molar-refractivity contribution in [2.75, 3.05) is 40.4 Å². The third-order valence-electron chi connectivity index (χ3n) is 4.88. The van der Waals surface area contributed by atoms with Crippen LogP contribution in [0.3, 0.4) is 0 Å². The van der Waals surface area contributed by atoms with Gasteiger partial charge in [-0.25, -0.2) is 4.39 Å². The number of hydrogen-bond acceptors (Lipinski definition) is 4. The van der Waals surface area contributed by atoms with Crippen LogP contribution < -0.4 is 9.47 Å². The summed E-state index contributed by atoms with van der Waals surface area (Å²) < 4.78 is 23.7. The van der Waals surface area contributed by atoms with Crippen LogP contribution in [0.2, 0.25) is 5.02 Å². The molecule has 8 heteroatoms. The molecule has 0 aliphatic carbocycles. The standard InChI is InChI=1S/C21H22ClFN2O4/c1-28-18-6-3-14(11-19(18)29-2)12-20(26)24-7-9-25(10-8-24)21(27)16-5-4-15(23)13-17(16)22/h3-6,11,13H,7-10,12H2,1-2H3. The number of hydrogen-bond donors (Lipinski definition) is 0. The van der Waals surface area contributed by atoms with Crippen molar-refractivity contribution in [3.05, 3.63) is 58.4 Å². The van der Waals surface area contributed by atoms with E-state index in [0.717, 1.165) is 11.6 Å². The molecule has 0 aromatic heterocycles. The van der Waals surface area contributed by atoms with E-state index in [4.69, 9.17) is 21.1 Å². The van der Waals surface area contributed by atoms with Crippen LogP contribution in [0.15, 0.2) is 36.4 Å². The molecule has 0 unspecified atom stereocenters. The molecule has 2 amide bonds. The maximum absolute atomic E-state index is 13.2. The van der Waals surface area contributed by atoms with Gasteiger partial charge in [0.15, 0.2) is 11.5 Å². The third kappa shape index (κ3) is 4.79. The monoisotopic (exact) mass is 420 g/mol. The third-order valence-corrected chi connectivity index (χ3v) is 5.20. The Kier molecular flexibility index (Phi) is 6.59. The van der Waals surface area contributed by atoms with E-state index in [1.807, 2.05) is 6.07 Å². The summed E-state index contributed by atoms with van der Waals surface area (Å²) in [6.07, 6.45) is 0.234. The molecule has 3 rings (SSSR count). The molecule has 6 nitrogen and oxygen atoms in total. The second-order valence-corrected chi connectivity index (χ2v) is 7.07. The first-order valence-electron chi connectivity index (χ1n) is 9.16. The van der Waals surface area contributed by atoms with Crippen LogP contribution in [0, 0.1) is 5.82 Å². The molecule has 1 heterocycles. The lowest BCUT2D eigenvalue weighted by atomic mass is 10.1. The van der Waals surface area contributed by atoms with Crippen LogP contribution in [0.4, 0.5) is 4.39 Å². The van der Waals surface area contributed by atoms with Crippen molar-refractivity contribution >= 4 is 23.4 Å². The van der Waals surface area contributed by atoms with Crippen molar-refractivity contribution in [3.63, 3.8) is 0 Å². The van der Waals surface area contributed by atoms with E-state index in [0.29, 0.717) is 37.7 Å². The Labute approximate surface area is 173 Å². The van der Waals surface area contributed by atoms with Crippen LogP contribution >= 0.6 is 11.6 Å². The fourth-order valence-electron chi connectivity index (χ4n) is 3.27. The van der Waals surface area contributed by atoms with Crippen LogP contribution in [0.25, 0.3) is 0 Å². The summed E-state index contributed by atoms with van der Waals surface area (Å²) in [5, 5.41) is 0.0851. The fraction of sp³-hybridized carbons (Fsp3) is 0.333. The lowest BCUT2D eigenvalue weighted by Gasteiger charge is -2.35. The summed E-state index contributed by atoms with van der Waals surface area (Å²) in [4.78, 5) is 28.6. The minimum Gasteiger partial charge on any atom is -0.493 e. The van der Waals surface area contributed by atoms with Gasteiger partial charge in [0.1, 0.15) is 5.82 Å². The van der Waals surface area contributed by atoms with Gasteiger partial charge >= 0.3 is 0 Å². The Bertz CT molecular complexity index is 914. The van der Waals surface area contributed by atoms with Crippen molar-refractivity contribution in [1.82, 2.24) is 9.80 Å². The predicted octanol–water partition coefficient (Wildman–Crippen LogP) is 3.02. The summed E-state index contributed by atoms with van der Waals surface area (Å²) in [6.45, 7) is 1.64. The average molecular weight is 421 g/mol. The number of piperazine rings is 1. The zero-order chi connectivity index (χ0) is 21.0. The number of methoxy groups -OCH3 is 2. The average Bonchev–Trinajstić information content (AvgIpc) is 2.73. The molecule has 1 fully saturated rings. The SMILES string of the molecule is COc1ccc(CC(=O)N2CCN(C(=O)c3ccc(F)cc3Cl)CC2)cc1OC. The smallest absolute Gasteiger partial charge is 0.255 e. The molecule has 0 saturated carbocycles. The molecular weight excluding hydrogens is 399 g/mol. The lowest BCUT2D eigenvalue weighted by Crippen LogP contribution is -2.51. The molecule has 0 bridgehead atoms. The predicted molar refractivity (Wildman–Crippen MR) is 107 cm³/mol. The number of nitrogens with zero attached hydrogens (tertiary/aromatic N) is 2. The molecule has 1 aliphatic rings. The first-order chi connectivity index (χ1) is 13.9. The number of benzene rings is 2. The van der Waals surface area contributed by atoms with Crippen molar-refractivity contribution in [3.8, 4) is 11.5 Å². The molecule has 154 valence electrons. The molecule has 0 N–H and O–H groups in total. The topological polar surface area (TPSA) is 59.1 Å². The Morgan fingerprint density at radius 2 is 1.62 bits per heavy atom. The summed E-state index contributed by atoms with van der Waals surface area (Å²) in [5.74, 6) is 0.405. The van der Waals surface area contributed by atoms with Crippen LogP contribution in [-0.4, -0.2) is 62.0 Å². The number of amides is 2. The number of rotatable bonds is 5. The highest BCUT2D eigenvalue weighted by Gasteiger charge is 2.26. The zero-order valence-electron chi connectivity index (χ0n) is 16.3. The summed E-state index contributed by atoms with van der Waals surface area (Å²) >= 11 is 5.99. The summed E-state index contributed by atoms with van der Waals surface area (Å²) in [7, 11) is 3.11. The fourth-order valence-corrected chi connectivity index (χ4v) is 3.52. The van der Waals surface area contributed by atoms with Crippen LogP contribution in [-0.2, 0) is 11.2 Å². The van der Waals surface area contributed by atoms with Crippen molar-refractivity contribution < 1.29 is 23.5 Å². The van der Waals surface area contributed by atoms with Crippen LogP contribution in [0.5, 0.6) is 11.5 Å². The highest BCUT2D eigenvalue weighted by molar-refractivity contribution is 6.33. The van der Waals surface area contributed by atoms with E-state index in [1.165, 1.54) is 12.1 Å². The normalized spacial score (nSPS) is 13.9. The number of halogens is 2. The molecule has 0 spiro atoms. The molecule has 1 saturated heterocycles. The van der Waals surface area contributed by atoms with E-state index in [1.54, 1.807) is 36.2 Å². The second kappa shape index (κ2) is 9.13. The van der Waals surface area contributed by atoms with Crippen molar-refractivity contribution in [1.29, 1.82) is 0 Å². The highest BCUT2D eigenvalue weighted by atomic mass is 35.5.